The van der Waals surface area contributed by atoms with E-state index in [1.165, 1.54) is 30.5 Å². The van der Waals surface area contributed by atoms with Crippen molar-refractivity contribution in [2.75, 3.05) is 10.6 Å². The van der Waals surface area contributed by atoms with Gasteiger partial charge in [-0.2, -0.15) is 0 Å². The number of hydrogen-bond donors (Lipinski definition) is 6. The molecule has 6 aromatic rings. The van der Waals surface area contributed by atoms with Crippen molar-refractivity contribution < 1.29 is 30.0 Å². The van der Waals surface area contributed by atoms with Gasteiger partial charge in [0.2, 0.25) is 11.8 Å². The van der Waals surface area contributed by atoms with Crippen LogP contribution in [-0.2, 0) is 22.4 Å². The maximum absolute atomic E-state index is 12.1. The number of rotatable bonds is 8. The first-order chi connectivity index (χ1) is 23.6. The standard InChI is InChI=1S/C18H14BrN3O3.C18H15N3O3/c19-17-18(22-16(25)9-11-1-5-13(23)6-2-11)20-10-15(21-17)12-3-7-14(24)8-4-12;22-14-5-1-12(2-6-14)9-18(24)21-17-11-19-16(10-20-17)13-3-7-15(23)8-4-13/h1-8,10,23-24H,9H2,(H,20,22,25);1-8,10-11,22-23H,9H2,(H,20,21,24). The van der Waals surface area contributed by atoms with Crippen molar-refractivity contribution in [2.45, 2.75) is 12.8 Å². The number of nitrogens with zero attached hydrogens (tertiary/aromatic N) is 4. The molecule has 0 aliphatic heterocycles. The molecule has 0 fully saturated rings. The van der Waals surface area contributed by atoms with Gasteiger partial charge in [-0.25, -0.2) is 15.0 Å². The molecule has 12 nitrogen and oxygen atoms in total. The first-order valence-electron chi connectivity index (χ1n) is 14.7. The number of hydrogen-bond acceptors (Lipinski definition) is 10. The van der Waals surface area contributed by atoms with E-state index in [0.717, 1.165) is 22.3 Å². The predicted molar refractivity (Wildman–Crippen MR) is 187 cm³/mol. The Morgan fingerprint density at radius 1 is 0.531 bits per heavy atom. The van der Waals surface area contributed by atoms with Gasteiger partial charge in [-0.3, -0.25) is 14.6 Å². The second kappa shape index (κ2) is 16.0. The van der Waals surface area contributed by atoms with Crippen molar-refractivity contribution in [2.24, 2.45) is 0 Å². The van der Waals surface area contributed by atoms with E-state index in [9.17, 15) is 30.0 Å². The number of aromatic hydroxyl groups is 4. The van der Waals surface area contributed by atoms with E-state index >= 15 is 0 Å². The van der Waals surface area contributed by atoms with Crippen LogP contribution in [0.5, 0.6) is 23.0 Å². The molecule has 13 heteroatoms. The molecule has 0 atom stereocenters. The Labute approximate surface area is 289 Å². The van der Waals surface area contributed by atoms with Crippen LogP contribution < -0.4 is 10.6 Å². The Hall–Kier alpha value is -6.34. The number of halogens is 1. The Morgan fingerprint density at radius 3 is 1.41 bits per heavy atom. The summed E-state index contributed by atoms with van der Waals surface area (Å²) in [5.74, 6) is 0.911. The first kappa shape index (κ1) is 34.0. The number of phenolic OH excluding ortho intramolecular Hbond substituents is 4. The zero-order valence-electron chi connectivity index (χ0n) is 25.7. The smallest absolute Gasteiger partial charge is 0.230 e. The lowest BCUT2D eigenvalue weighted by atomic mass is 10.1. The third-order valence-corrected chi connectivity index (χ3v) is 7.39. The van der Waals surface area contributed by atoms with E-state index in [0.29, 0.717) is 27.6 Å². The SMILES string of the molecule is O=C(Cc1ccc(O)cc1)Nc1cnc(-c2ccc(O)cc2)cn1.O=C(Cc1ccc(O)cc1)Nc1ncc(-c2ccc(O)cc2)nc1Br. The molecule has 0 saturated carbocycles. The maximum Gasteiger partial charge on any atom is 0.230 e. The van der Waals surface area contributed by atoms with Crippen LogP contribution in [0, 0.1) is 0 Å². The van der Waals surface area contributed by atoms with Gasteiger partial charge in [-0.1, -0.05) is 24.3 Å². The van der Waals surface area contributed by atoms with Crippen molar-refractivity contribution in [1.29, 1.82) is 0 Å². The normalized spacial score (nSPS) is 10.4. The van der Waals surface area contributed by atoms with Crippen LogP contribution in [0.3, 0.4) is 0 Å². The monoisotopic (exact) mass is 720 g/mol. The highest BCUT2D eigenvalue weighted by molar-refractivity contribution is 9.10. The lowest BCUT2D eigenvalue weighted by Crippen LogP contribution is -2.16. The lowest BCUT2D eigenvalue weighted by Gasteiger charge is -2.08. The molecule has 0 unspecified atom stereocenters. The molecule has 246 valence electrons. The van der Waals surface area contributed by atoms with Crippen LogP contribution in [0.15, 0.2) is 120 Å². The second-order valence-electron chi connectivity index (χ2n) is 10.6. The zero-order valence-corrected chi connectivity index (χ0v) is 27.2. The molecule has 2 heterocycles. The van der Waals surface area contributed by atoms with Gasteiger partial charge in [-0.05, 0) is 99.9 Å². The van der Waals surface area contributed by atoms with Gasteiger partial charge in [-0.15, -0.1) is 0 Å². The van der Waals surface area contributed by atoms with Gasteiger partial charge in [0.15, 0.2) is 11.6 Å². The number of carbonyl (C=O) groups is 2. The average molecular weight is 722 g/mol. The molecule has 0 saturated heterocycles. The van der Waals surface area contributed by atoms with Crippen molar-refractivity contribution in [3.8, 4) is 45.5 Å². The highest BCUT2D eigenvalue weighted by Gasteiger charge is 2.11. The van der Waals surface area contributed by atoms with E-state index in [1.807, 2.05) is 0 Å². The van der Waals surface area contributed by atoms with Gasteiger partial charge < -0.3 is 31.1 Å². The molecule has 2 aromatic heterocycles. The quantitative estimate of drug-likeness (QED) is 0.105. The van der Waals surface area contributed by atoms with Gasteiger partial charge in [0.1, 0.15) is 27.6 Å². The van der Waals surface area contributed by atoms with E-state index in [1.54, 1.807) is 85.2 Å². The summed E-state index contributed by atoms with van der Waals surface area (Å²) in [6, 6.07) is 26.1. The lowest BCUT2D eigenvalue weighted by molar-refractivity contribution is -0.116. The second-order valence-corrected chi connectivity index (χ2v) is 11.3. The van der Waals surface area contributed by atoms with Crippen LogP contribution in [0.1, 0.15) is 11.1 Å². The molecule has 2 amide bonds. The minimum absolute atomic E-state index is 0.155. The van der Waals surface area contributed by atoms with E-state index < -0.39 is 0 Å². The summed E-state index contributed by atoms with van der Waals surface area (Å²) in [5.41, 5.74) is 4.45. The zero-order chi connectivity index (χ0) is 34.8. The number of anilines is 2. The van der Waals surface area contributed by atoms with Crippen LogP contribution in [0.4, 0.5) is 11.6 Å². The van der Waals surface area contributed by atoms with Gasteiger partial charge in [0.05, 0.1) is 42.8 Å². The topological polar surface area (TPSA) is 191 Å². The molecule has 0 aliphatic rings. The fourth-order valence-electron chi connectivity index (χ4n) is 4.36. The summed E-state index contributed by atoms with van der Waals surface area (Å²) in [6.07, 6.45) is 4.93. The Balaban J connectivity index is 0.000000191. The van der Waals surface area contributed by atoms with E-state index in [-0.39, 0.29) is 47.7 Å². The highest BCUT2D eigenvalue weighted by atomic mass is 79.9. The molecule has 6 rings (SSSR count). The molecule has 0 radical (unpaired) electrons. The minimum Gasteiger partial charge on any atom is -0.508 e. The summed E-state index contributed by atoms with van der Waals surface area (Å²) in [7, 11) is 0. The van der Waals surface area contributed by atoms with Crippen molar-refractivity contribution >= 4 is 39.4 Å². The number of amides is 2. The van der Waals surface area contributed by atoms with Crippen LogP contribution in [-0.4, -0.2) is 52.2 Å². The third-order valence-electron chi connectivity index (χ3n) is 6.84. The predicted octanol–water partition coefficient (Wildman–Crippen LogP) is 6.23. The van der Waals surface area contributed by atoms with Crippen LogP contribution in [0.25, 0.3) is 22.5 Å². The van der Waals surface area contributed by atoms with E-state index in [2.05, 4.69) is 46.5 Å². The average Bonchev–Trinajstić information content (AvgIpc) is 3.09. The molecular formula is C36H29BrN6O6. The van der Waals surface area contributed by atoms with Crippen molar-refractivity contribution in [3.05, 3.63) is 131 Å². The fraction of sp³-hybridized carbons (Fsp3) is 0.0556. The molecule has 0 spiro atoms. The first-order valence-corrected chi connectivity index (χ1v) is 15.5. The summed E-state index contributed by atoms with van der Waals surface area (Å²) in [4.78, 5) is 41.1. The fourth-order valence-corrected chi connectivity index (χ4v) is 4.75. The summed E-state index contributed by atoms with van der Waals surface area (Å²) in [5, 5.41) is 42.5. The van der Waals surface area contributed by atoms with Crippen molar-refractivity contribution in [3.63, 3.8) is 0 Å². The summed E-state index contributed by atoms with van der Waals surface area (Å²) in [6.45, 7) is 0. The molecule has 6 N–H and O–H groups in total. The number of nitrogens with one attached hydrogen (secondary N) is 2. The van der Waals surface area contributed by atoms with Gasteiger partial charge >= 0.3 is 0 Å². The molecule has 0 aliphatic carbocycles. The van der Waals surface area contributed by atoms with Crippen molar-refractivity contribution in [1.82, 2.24) is 19.9 Å². The number of aromatic nitrogens is 4. The van der Waals surface area contributed by atoms with Crippen LogP contribution >= 0.6 is 15.9 Å². The molecule has 4 aromatic carbocycles. The number of phenols is 4. The maximum atomic E-state index is 12.1. The van der Waals surface area contributed by atoms with E-state index in [4.69, 9.17) is 0 Å². The Morgan fingerprint density at radius 2 is 0.959 bits per heavy atom. The largest absolute Gasteiger partial charge is 0.508 e. The third kappa shape index (κ3) is 10.1. The minimum atomic E-state index is -0.238. The number of benzene rings is 4. The highest BCUT2D eigenvalue weighted by Crippen LogP contribution is 2.25. The van der Waals surface area contributed by atoms with Gasteiger partial charge in [0.25, 0.3) is 0 Å². The molecule has 49 heavy (non-hydrogen) atoms. The summed E-state index contributed by atoms with van der Waals surface area (Å²) < 4.78 is 0.414. The molecular weight excluding hydrogens is 692 g/mol. The van der Waals surface area contributed by atoms with Gasteiger partial charge in [0, 0.05) is 11.1 Å². The Bertz CT molecular complexity index is 2030. The van der Waals surface area contributed by atoms with Crippen LogP contribution in [0.2, 0.25) is 0 Å². The molecule has 0 bridgehead atoms. The number of carbonyl (C=O) groups excluding carboxylic acids is 2. The summed E-state index contributed by atoms with van der Waals surface area (Å²) >= 11 is 3.31. The Kier molecular flexibility index (Phi) is 11.1.